The van der Waals surface area contributed by atoms with Crippen molar-refractivity contribution in [1.82, 2.24) is 3.98 Å². The van der Waals surface area contributed by atoms with Gasteiger partial charge in [0.1, 0.15) is 0 Å². The molecule has 2 aromatic carbocycles. The Hall–Kier alpha value is -2.03. The normalized spacial score (nSPS) is 10.4. The first-order valence-electron chi connectivity index (χ1n) is 6.55. The predicted molar refractivity (Wildman–Crippen MR) is 85.2 cm³/mol. The summed E-state index contributed by atoms with van der Waals surface area (Å²) in [6.07, 6.45) is 1.97. The van der Waals surface area contributed by atoms with Crippen LogP contribution in [0.2, 0.25) is 0 Å². The molecule has 0 N–H and O–H groups in total. The quantitative estimate of drug-likeness (QED) is 0.679. The Morgan fingerprint density at radius 2 is 1.29 bits per heavy atom. The molecular weight excluding hydrogens is 329 g/mol. The fourth-order valence-electron chi connectivity index (χ4n) is 2.17. The Kier molecular flexibility index (Phi) is 4.09. The molecule has 3 rings (SSSR count). The zero-order chi connectivity index (χ0) is 14.7. The second-order valence-electron chi connectivity index (χ2n) is 4.53. The third-order valence-electron chi connectivity index (χ3n) is 3.32. The minimum atomic E-state index is 0.129. The number of hydrogen-bond acceptors (Lipinski definition) is 3. The van der Waals surface area contributed by atoms with E-state index in [9.17, 15) is 0 Å². The molecule has 1 aromatic heterocycles. The van der Waals surface area contributed by atoms with Gasteiger partial charge < -0.3 is 0 Å². The van der Waals surface area contributed by atoms with E-state index in [2.05, 4.69) is 28.2 Å². The van der Waals surface area contributed by atoms with E-state index in [4.69, 9.17) is 9.47 Å². The van der Waals surface area contributed by atoms with Crippen LogP contribution in [0.25, 0.3) is 21.1 Å². The van der Waals surface area contributed by atoms with Crippen molar-refractivity contribution in [2.75, 3.05) is 14.2 Å². The van der Waals surface area contributed by atoms with Gasteiger partial charge in [-0.2, -0.15) is 0 Å². The van der Waals surface area contributed by atoms with Gasteiger partial charge in [-0.1, -0.05) is 0 Å². The summed E-state index contributed by atoms with van der Waals surface area (Å²) in [5.41, 5.74) is 3.58. The Labute approximate surface area is 130 Å². The third-order valence-corrected chi connectivity index (χ3v) is 5.10. The summed E-state index contributed by atoms with van der Waals surface area (Å²) in [7, 11) is 3.36. The van der Waals surface area contributed by atoms with Crippen LogP contribution >= 0.6 is 0 Å². The number of rotatable bonds is 4. The van der Waals surface area contributed by atoms with Gasteiger partial charge in [0.15, 0.2) is 0 Å². The van der Waals surface area contributed by atoms with Crippen molar-refractivity contribution in [2.45, 2.75) is 0 Å². The topological polar surface area (TPSA) is 31.4 Å². The molecule has 0 radical (unpaired) electrons. The number of benzene rings is 2. The molecule has 106 valence electrons. The Bertz CT molecular complexity index is 655. The summed E-state index contributed by atoms with van der Waals surface area (Å²) in [6, 6.07) is 16.3. The molecule has 0 bridgehead atoms. The summed E-state index contributed by atoms with van der Waals surface area (Å²) in [6.45, 7) is 0. The Morgan fingerprint density at radius 1 is 0.762 bits per heavy atom. The van der Waals surface area contributed by atoms with E-state index in [1.54, 1.807) is 14.2 Å². The van der Waals surface area contributed by atoms with E-state index < -0.39 is 0 Å². The first kappa shape index (κ1) is 13.9. The predicted octanol–water partition coefficient (Wildman–Crippen LogP) is 3.49. The van der Waals surface area contributed by atoms with Crippen LogP contribution in [-0.2, 0) is 0 Å². The van der Waals surface area contributed by atoms with Crippen molar-refractivity contribution in [1.29, 1.82) is 0 Å². The van der Waals surface area contributed by atoms with Crippen LogP contribution in [0.5, 0.6) is 11.5 Å². The summed E-state index contributed by atoms with van der Waals surface area (Å²) in [5.74, 6) is 1.74. The molecule has 3 aromatic rings. The zero-order valence-electron chi connectivity index (χ0n) is 11.9. The van der Waals surface area contributed by atoms with Crippen molar-refractivity contribution < 1.29 is 9.47 Å². The van der Waals surface area contributed by atoms with Gasteiger partial charge in [0.2, 0.25) is 0 Å². The van der Waals surface area contributed by atoms with E-state index in [0.717, 1.165) is 11.5 Å². The van der Waals surface area contributed by atoms with E-state index in [1.165, 1.54) is 21.1 Å². The van der Waals surface area contributed by atoms with Gasteiger partial charge in [0.25, 0.3) is 0 Å². The first-order valence-corrected chi connectivity index (χ1v) is 8.17. The van der Waals surface area contributed by atoms with Crippen LogP contribution < -0.4 is 9.47 Å². The van der Waals surface area contributed by atoms with Crippen LogP contribution in [0.4, 0.5) is 0 Å². The van der Waals surface area contributed by atoms with E-state index >= 15 is 0 Å². The molecule has 4 heteroatoms. The molecule has 0 saturated carbocycles. The second-order valence-corrected chi connectivity index (χ2v) is 6.21. The van der Waals surface area contributed by atoms with Gasteiger partial charge in [0, 0.05) is 0 Å². The van der Waals surface area contributed by atoms with Gasteiger partial charge >= 0.3 is 130 Å². The second kappa shape index (κ2) is 6.17. The Morgan fingerprint density at radius 3 is 1.81 bits per heavy atom. The van der Waals surface area contributed by atoms with Crippen molar-refractivity contribution >= 4 is 14.7 Å². The molecule has 0 saturated heterocycles. The number of ether oxygens (including phenoxy) is 2. The van der Waals surface area contributed by atoms with Crippen LogP contribution in [0, 0.1) is 0 Å². The van der Waals surface area contributed by atoms with Crippen LogP contribution in [0.3, 0.4) is 0 Å². The van der Waals surface area contributed by atoms with Crippen LogP contribution in [-0.4, -0.2) is 32.9 Å². The fourth-order valence-corrected chi connectivity index (χ4v) is 3.79. The molecule has 0 fully saturated rings. The van der Waals surface area contributed by atoms with E-state index in [1.807, 2.05) is 30.5 Å². The molecule has 1 heterocycles. The van der Waals surface area contributed by atoms with Gasteiger partial charge in [-0.15, -0.1) is 0 Å². The molecule has 0 unspecified atom stereocenters. The van der Waals surface area contributed by atoms with Crippen molar-refractivity contribution in [3.63, 3.8) is 0 Å². The van der Waals surface area contributed by atoms with Crippen molar-refractivity contribution in [2.24, 2.45) is 0 Å². The summed E-state index contributed by atoms with van der Waals surface area (Å²) in [4.78, 5) is 0. The summed E-state index contributed by atoms with van der Waals surface area (Å²) < 4.78 is 16.2. The SMILES string of the molecule is COc1ccc(-c2cn[se]c2-c2ccc(OC)cc2)cc1. The maximum absolute atomic E-state index is 5.21. The third kappa shape index (κ3) is 2.87. The molecule has 0 aliphatic rings. The molecule has 3 nitrogen and oxygen atoms in total. The van der Waals surface area contributed by atoms with Gasteiger partial charge in [-0.25, -0.2) is 0 Å². The molecule has 0 atom stereocenters. The molecular formula is C17H15NO2Se. The number of methoxy groups -OCH3 is 2. The summed E-state index contributed by atoms with van der Waals surface area (Å²) >= 11 is 0.129. The zero-order valence-corrected chi connectivity index (χ0v) is 13.6. The van der Waals surface area contributed by atoms with Crippen molar-refractivity contribution in [3.05, 3.63) is 54.7 Å². The van der Waals surface area contributed by atoms with E-state index in [-0.39, 0.29) is 14.7 Å². The molecule has 0 amide bonds. The average molecular weight is 344 g/mol. The minimum absolute atomic E-state index is 0.129. The maximum atomic E-state index is 5.21. The molecule has 0 aliphatic carbocycles. The monoisotopic (exact) mass is 345 g/mol. The van der Waals surface area contributed by atoms with Gasteiger partial charge in [0.05, 0.1) is 0 Å². The Balaban J connectivity index is 1.99. The van der Waals surface area contributed by atoms with Gasteiger partial charge in [-0.05, 0) is 0 Å². The molecule has 21 heavy (non-hydrogen) atoms. The number of hydrogen-bond donors (Lipinski definition) is 0. The first-order chi connectivity index (χ1) is 10.3. The van der Waals surface area contributed by atoms with Crippen LogP contribution in [0.15, 0.2) is 54.7 Å². The fraction of sp³-hybridized carbons (Fsp3) is 0.118. The molecule has 0 spiro atoms. The van der Waals surface area contributed by atoms with Gasteiger partial charge in [-0.3, -0.25) is 0 Å². The standard InChI is InChI=1S/C17H15NO2Se/c1-19-14-7-3-12(4-8-14)16-11-18-21-17(16)13-5-9-15(20-2)10-6-13/h3-11H,1-2H3. The number of aromatic nitrogens is 1. The van der Waals surface area contributed by atoms with Crippen LogP contribution in [0.1, 0.15) is 0 Å². The molecule has 0 aliphatic heterocycles. The van der Waals surface area contributed by atoms with Crippen molar-refractivity contribution in [3.8, 4) is 32.6 Å². The summed E-state index contributed by atoms with van der Waals surface area (Å²) in [5, 5.41) is 0. The average Bonchev–Trinajstić information content (AvgIpc) is 3.04. The van der Waals surface area contributed by atoms with E-state index in [0.29, 0.717) is 0 Å². The number of nitrogens with zero attached hydrogens (tertiary/aromatic N) is 1.